The monoisotopic (exact) mass is 471 g/mol. The number of nitrogens with one attached hydrogen (secondary N) is 1. The van der Waals surface area contributed by atoms with Crippen LogP contribution in [0.25, 0.3) is 0 Å². The van der Waals surface area contributed by atoms with Crippen LogP contribution in [0.5, 0.6) is 0 Å². The van der Waals surface area contributed by atoms with E-state index < -0.39 is 0 Å². The zero-order valence-electron chi connectivity index (χ0n) is 16.1. The first kappa shape index (κ1) is 19.8. The Balaban J connectivity index is 1.36. The molecule has 0 radical (unpaired) electrons. The zero-order chi connectivity index (χ0) is 20.2. The van der Waals surface area contributed by atoms with E-state index in [1.807, 2.05) is 47.4 Å². The van der Waals surface area contributed by atoms with Gasteiger partial charge in [0.05, 0.1) is 0 Å². The van der Waals surface area contributed by atoms with E-state index in [0.29, 0.717) is 6.54 Å². The van der Waals surface area contributed by atoms with Crippen molar-refractivity contribution in [3.63, 3.8) is 0 Å². The van der Waals surface area contributed by atoms with Gasteiger partial charge in [-0.3, -0.25) is 0 Å². The van der Waals surface area contributed by atoms with E-state index in [0.717, 1.165) is 40.6 Å². The summed E-state index contributed by atoms with van der Waals surface area (Å²) in [4.78, 5) is 21.5. The normalized spacial score (nSPS) is 16.7. The van der Waals surface area contributed by atoms with E-state index in [1.165, 1.54) is 17.1 Å². The Morgan fingerprint density at radius 3 is 2.79 bits per heavy atom. The molecule has 0 bridgehead atoms. The van der Waals surface area contributed by atoms with Gasteiger partial charge in [0.1, 0.15) is 5.82 Å². The second-order valence-corrected chi connectivity index (χ2v) is 8.73. The lowest BCUT2D eigenvalue weighted by Gasteiger charge is -2.39. The zero-order valence-corrected chi connectivity index (χ0v) is 18.5. The minimum Gasteiger partial charge on any atom is -0.343 e. The largest absolute Gasteiger partial charge is 0.343 e. The van der Waals surface area contributed by atoms with E-state index in [9.17, 15) is 4.79 Å². The molecule has 1 atom stereocenters. The Morgan fingerprint density at radius 1 is 1.21 bits per heavy atom. The van der Waals surface area contributed by atoms with Crippen LogP contribution in [0.1, 0.15) is 18.3 Å². The molecular weight excluding hydrogens is 450 g/mol. The summed E-state index contributed by atoms with van der Waals surface area (Å²) in [6, 6.07) is 17.9. The van der Waals surface area contributed by atoms with E-state index >= 15 is 0 Å². The average Bonchev–Trinajstić information content (AvgIpc) is 3.17. The molecule has 1 fully saturated rings. The van der Waals surface area contributed by atoms with Gasteiger partial charge in [-0.1, -0.05) is 52.3 Å². The van der Waals surface area contributed by atoms with Gasteiger partial charge in [0.2, 0.25) is 5.13 Å². The van der Waals surface area contributed by atoms with Gasteiger partial charge in [-0.25, -0.2) is 9.78 Å². The fourth-order valence-electron chi connectivity index (χ4n) is 3.42. The molecular formula is C21H22BrN5OS. The van der Waals surface area contributed by atoms with Crippen molar-refractivity contribution in [1.82, 2.24) is 14.3 Å². The number of anilines is 2. The van der Waals surface area contributed by atoms with Gasteiger partial charge in [0.25, 0.3) is 0 Å². The molecule has 4 rings (SSSR count). The Morgan fingerprint density at radius 2 is 2.03 bits per heavy atom. The minimum absolute atomic E-state index is 0.0720. The van der Waals surface area contributed by atoms with Gasteiger partial charge < -0.3 is 15.1 Å². The molecule has 1 unspecified atom stereocenters. The molecule has 2 heterocycles. The Kier molecular flexibility index (Phi) is 6.10. The van der Waals surface area contributed by atoms with E-state index in [1.54, 1.807) is 0 Å². The minimum atomic E-state index is -0.0720. The number of aromatic nitrogens is 2. The predicted molar refractivity (Wildman–Crippen MR) is 121 cm³/mol. The maximum Gasteiger partial charge on any atom is 0.322 e. The SMILES string of the molecule is CC1CN(c2nc(Cc3ccccc3)ns2)CCN1C(=O)Nc1cccc(Br)c1. The third-order valence-electron chi connectivity index (χ3n) is 4.90. The van der Waals surface area contributed by atoms with Crippen LogP contribution in [-0.4, -0.2) is 46.0 Å². The highest BCUT2D eigenvalue weighted by Gasteiger charge is 2.29. The summed E-state index contributed by atoms with van der Waals surface area (Å²) in [5, 5.41) is 3.91. The van der Waals surface area contributed by atoms with Crippen LogP contribution in [0, 0.1) is 0 Å². The number of hydrogen-bond acceptors (Lipinski definition) is 5. The second kappa shape index (κ2) is 8.92. The molecule has 0 aliphatic carbocycles. The van der Waals surface area contributed by atoms with Crippen molar-refractivity contribution in [3.05, 3.63) is 70.5 Å². The van der Waals surface area contributed by atoms with Crippen molar-refractivity contribution >= 4 is 44.3 Å². The molecule has 8 heteroatoms. The van der Waals surface area contributed by atoms with E-state index in [-0.39, 0.29) is 12.1 Å². The third kappa shape index (κ3) is 4.94. The molecule has 1 aliphatic heterocycles. The number of urea groups is 1. The van der Waals surface area contributed by atoms with Gasteiger partial charge in [0, 0.05) is 53.8 Å². The summed E-state index contributed by atoms with van der Waals surface area (Å²) >= 11 is 4.86. The number of carbonyl (C=O) groups excluding carboxylic acids is 1. The fourth-order valence-corrected chi connectivity index (χ4v) is 4.54. The van der Waals surface area contributed by atoms with Crippen LogP contribution in [-0.2, 0) is 6.42 Å². The van der Waals surface area contributed by atoms with Crippen molar-refractivity contribution in [3.8, 4) is 0 Å². The highest BCUT2D eigenvalue weighted by Crippen LogP contribution is 2.23. The van der Waals surface area contributed by atoms with Crippen molar-refractivity contribution in [2.45, 2.75) is 19.4 Å². The molecule has 0 spiro atoms. The molecule has 1 N–H and O–H groups in total. The van der Waals surface area contributed by atoms with Crippen LogP contribution in [0.2, 0.25) is 0 Å². The van der Waals surface area contributed by atoms with Crippen molar-refractivity contribution in [2.75, 3.05) is 29.9 Å². The van der Waals surface area contributed by atoms with Gasteiger partial charge in [-0.2, -0.15) is 4.37 Å². The summed E-state index contributed by atoms with van der Waals surface area (Å²) in [7, 11) is 0. The van der Waals surface area contributed by atoms with Crippen LogP contribution >= 0.6 is 27.5 Å². The third-order valence-corrected chi connectivity index (χ3v) is 6.21. The van der Waals surface area contributed by atoms with Crippen LogP contribution < -0.4 is 10.2 Å². The lowest BCUT2D eigenvalue weighted by molar-refractivity contribution is 0.185. The maximum absolute atomic E-state index is 12.7. The molecule has 1 aromatic heterocycles. The fraction of sp³-hybridized carbons (Fsp3) is 0.286. The number of piperazine rings is 1. The molecule has 0 saturated carbocycles. The number of halogens is 1. The number of carbonyl (C=O) groups is 1. The predicted octanol–water partition coefficient (Wildman–Crippen LogP) is 4.63. The van der Waals surface area contributed by atoms with Crippen LogP contribution in [0.3, 0.4) is 0 Å². The van der Waals surface area contributed by atoms with Gasteiger partial charge in [-0.05, 0) is 30.7 Å². The Bertz CT molecular complexity index is 980. The van der Waals surface area contributed by atoms with Crippen molar-refractivity contribution in [1.29, 1.82) is 0 Å². The molecule has 6 nitrogen and oxygen atoms in total. The second-order valence-electron chi connectivity index (χ2n) is 7.08. The molecule has 2 aromatic carbocycles. The summed E-state index contributed by atoms with van der Waals surface area (Å²) in [6.45, 7) is 4.20. The summed E-state index contributed by atoms with van der Waals surface area (Å²) in [6.07, 6.45) is 0.738. The average molecular weight is 472 g/mol. The highest BCUT2D eigenvalue weighted by molar-refractivity contribution is 9.10. The molecule has 2 amide bonds. The first-order valence-corrected chi connectivity index (χ1v) is 11.1. The van der Waals surface area contributed by atoms with Crippen LogP contribution in [0.15, 0.2) is 59.1 Å². The summed E-state index contributed by atoms with van der Waals surface area (Å²) in [5.41, 5.74) is 1.99. The topological polar surface area (TPSA) is 61.4 Å². The first-order valence-electron chi connectivity index (χ1n) is 9.53. The van der Waals surface area contributed by atoms with Crippen LogP contribution in [0.4, 0.5) is 15.6 Å². The van der Waals surface area contributed by atoms with E-state index in [2.05, 4.69) is 49.6 Å². The molecule has 1 saturated heterocycles. The quantitative estimate of drug-likeness (QED) is 0.602. The van der Waals surface area contributed by atoms with Gasteiger partial charge >= 0.3 is 6.03 Å². The standard InChI is InChI=1S/C21H22BrN5OS/c1-15-14-26(21-24-19(25-29-21)12-16-6-3-2-4-7-16)10-11-27(15)20(28)23-18-9-5-8-17(22)13-18/h2-9,13,15H,10-12,14H2,1H3,(H,23,28). The molecule has 3 aromatic rings. The lowest BCUT2D eigenvalue weighted by atomic mass is 10.1. The van der Waals surface area contributed by atoms with Crippen molar-refractivity contribution < 1.29 is 4.79 Å². The molecule has 150 valence electrons. The number of rotatable bonds is 4. The smallest absolute Gasteiger partial charge is 0.322 e. The number of benzene rings is 2. The lowest BCUT2D eigenvalue weighted by Crippen LogP contribution is -2.55. The highest BCUT2D eigenvalue weighted by atomic mass is 79.9. The number of hydrogen-bond donors (Lipinski definition) is 1. The summed E-state index contributed by atoms with van der Waals surface area (Å²) < 4.78 is 5.46. The van der Waals surface area contributed by atoms with Crippen molar-refractivity contribution in [2.24, 2.45) is 0 Å². The first-order chi connectivity index (χ1) is 14.1. The number of nitrogens with zero attached hydrogens (tertiary/aromatic N) is 4. The molecule has 1 aliphatic rings. The Labute approximate surface area is 182 Å². The van der Waals surface area contributed by atoms with Gasteiger partial charge in [0.15, 0.2) is 0 Å². The van der Waals surface area contributed by atoms with E-state index in [4.69, 9.17) is 4.98 Å². The number of amides is 2. The van der Waals surface area contributed by atoms with Gasteiger partial charge in [-0.15, -0.1) is 0 Å². The Hall–Kier alpha value is -2.45. The summed E-state index contributed by atoms with van der Waals surface area (Å²) in [5.74, 6) is 0.846. The maximum atomic E-state index is 12.7. The molecule has 29 heavy (non-hydrogen) atoms.